The van der Waals surface area contributed by atoms with Crippen LogP contribution in [-0.2, 0) is 27.5 Å². The number of hydrogen-bond acceptors (Lipinski definition) is 4. The third-order valence-electron chi connectivity index (χ3n) is 4.01. The van der Waals surface area contributed by atoms with E-state index in [9.17, 15) is 14.0 Å². The molecule has 2 atom stereocenters. The van der Waals surface area contributed by atoms with Gasteiger partial charge in [-0.05, 0) is 23.6 Å². The molecule has 7 heteroatoms. The minimum atomic E-state index is -0.667. The molecule has 136 valence electrons. The lowest BCUT2D eigenvalue weighted by atomic mass is 10.1. The monoisotopic (exact) mass is 374 g/mol. The van der Waals surface area contributed by atoms with Gasteiger partial charge in [0.25, 0.3) is 5.91 Å². The maximum absolute atomic E-state index is 13.7. The average molecular weight is 374 g/mol. The summed E-state index contributed by atoms with van der Waals surface area (Å²) in [5.41, 5.74) is 3.79. The van der Waals surface area contributed by atoms with Gasteiger partial charge < -0.3 is 5.32 Å². The highest BCUT2D eigenvalue weighted by Crippen LogP contribution is 2.23. The van der Waals surface area contributed by atoms with Crippen molar-refractivity contribution >= 4 is 23.6 Å². The highest BCUT2D eigenvalue weighted by Gasteiger charge is 2.32. The Morgan fingerprint density at radius 2 is 1.92 bits per heavy atom. The van der Waals surface area contributed by atoms with Crippen LogP contribution in [0.4, 0.5) is 4.39 Å². The fraction of sp³-hybridized carbons (Fsp3) is 0.263. The van der Waals surface area contributed by atoms with Gasteiger partial charge in [0.2, 0.25) is 5.91 Å². The Morgan fingerprint density at radius 1 is 1.19 bits per heavy atom. The maximum Gasteiger partial charge on any atom is 0.266 e. The first-order valence-electron chi connectivity index (χ1n) is 8.24. The van der Waals surface area contributed by atoms with Crippen molar-refractivity contribution in [3.8, 4) is 0 Å². The molecule has 0 aromatic heterocycles. The zero-order valence-corrected chi connectivity index (χ0v) is 14.8. The van der Waals surface area contributed by atoms with Gasteiger partial charge in [-0.25, -0.2) is 9.87 Å². The van der Waals surface area contributed by atoms with Crippen LogP contribution in [0, 0.1) is 5.82 Å². The number of hydrogen-bond donors (Lipinski definition) is 2. The van der Waals surface area contributed by atoms with Crippen molar-refractivity contribution in [2.24, 2.45) is 0 Å². The maximum atomic E-state index is 13.7. The molecule has 1 heterocycles. The highest BCUT2D eigenvalue weighted by atomic mass is 32.2. The van der Waals surface area contributed by atoms with Crippen LogP contribution >= 0.6 is 11.8 Å². The summed E-state index contributed by atoms with van der Waals surface area (Å²) in [7, 11) is 0. The fourth-order valence-electron chi connectivity index (χ4n) is 2.59. The van der Waals surface area contributed by atoms with E-state index in [4.69, 9.17) is 4.84 Å². The van der Waals surface area contributed by atoms with Crippen molar-refractivity contribution in [2.45, 2.75) is 24.3 Å². The van der Waals surface area contributed by atoms with Crippen molar-refractivity contribution in [1.29, 1.82) is 0 Å². The van der Waals surface area contributed by atoms with Crippen LogP contribution in [0.25, 0.3) is 0 Å². The summed E-state index contributed by atoms with van der Waals surface area (Å²) in [6.45, 7) is 0.246. The molecule has 1 aliphatic heterocycles. The van der Waals surface area contributed by atoms with Gasteiger partial charge in [0.15, 0.2) is 0 Å². The Morgan fingerprint density at radius 3 is 2.65 bits per heavy atom. The van der Waals surface area contributed by atoms with Crippen LogP contribution in [0.5, 0.6) is 0 Å². The summed E-state index contributed by atoms with van der Waals surface area (Å²) < 4.78 is 13.7. The molecule has 0 spiro atoms. The Bertz CT molecular complexity index is 772. The van der Waals surface area contributed by atoms with E-state index in [1.807, 2.05) is 30.3 Å². The zero-order valence-electron chi connectivity index (χ0n) is 14.0. The van der Waals surface area contributed by atoms with Crippen LogP contribution in [0.1, 0.15) is 11.1 Å². The molecule has 0 bridgehead atoms. The summed E-state index contributed by atoms with van der Waals surface area (Å²) in [5, 5.41) is 2.26. The van der Waals surface area contributed by atoms with Gasteiger partial charge in [-0.1, -0.05) is 48.5 Å². The SMILES string of the molecule is O=C(NOCc1ccccc1)[C@@H]1CS[C@H](Cc2ccccc2F)C(=O)N1. The summed E-state index contributed by atoms with van der Waals surface area (Å²) in [4.78, 5) is 29.6. The van der Waals surface area contributed by atoms with E-state index in [1.165, 1.54) is 17.8 Å². The van der Waals surface area contributed by atoms with Crippen LogP contribution in [-0.4, -0.2) is 28.9 Å². The molecule has 0 aliphatic carbocycles. The minimum absolute atomic E-state index is 0.246. The quantitative estimate of drug-likeness (QED) is 0.761. The van der Waals surface area contributed by atoms with E-state index in [0.717, 1.165) is 5.56 Å². The number of nitrogens with one attached hydrogen (secondary N) is 2. The average Bonchev–Trinajstić information content (AvgIpc) is 2.66. The lowest BCUT2D eigenvalue weighted by molar-refractivity contribution is -0.138. The number of hydroxylamine groups is 1. The molecular weight excluding hydrogens is 355 g/mol. The summed E-state index contributed by atoms with van der Waals surface area (Å²) >= 11 is 1.35. The predicted octanol–water partition coefficient (Wildman–Crippen LogP) is 2.22. The molecule has 2 N–H and O–H groups in total. The smallest absolute Gasteiger partial charge is 0.266 e. The fourth-order valence-corrected chi connectivity index (χ4v) is 3.76. The number of rotatable bonds is 6. The van der Waals surface area contributed by atoms with Crippen LogP contribution < -0.4 is 10.8 Å². The van der Waals surface area contributed by atoms with Gasteiger partial charge in [0, 0.05) is 5.75 Å². The first kappa shape index (κ1) is 18.4. The first-order chi connectivity index (χ1) is 12.6. The molecule has 2 amide bonds. The summed E-state index contributed by atoms with van der Waals surface area (Å²) in [5.74, 6) is -0.584. The molecule has 1 fully saturated rings. The molecule has 1 aliphatic rings. The van der Waals surface area contributed by atoms with Crippen LogP contribution in [0.3, 0.4) is 0 Å². The minimum Gasteiger partial charge on any atom is -0.342 e. The molecule has 2 aromatic carbocycles. The molecule has 2 aromatic rings. The van der Waals surface area contributed by atoms with Crippen molar-refractivity contribution < 1.29 is 18.8 Å². The topological polar surface area (TPSA) is 67.4 Å². The van der Waals surface area contributed by atoms with Gasteiger partial charge in [-0.15, -0.1) is 11.8 Å². The largest absolute Gasteiger partial charge is 0.342 e. The second-order valence-electron chi connectivity index (χ2n) is 5.92. The number of carbonyl (C=O) groups excluding carboxylic acids is 2. The predicted molar refractivity (Wildman–Crippen MR) is 97.7 cm³/mol. The molecule has 0 radical (unpaired) electrons. The first-order valence-corrected chi connectivity index (χ1v) is 9.29. The van der Waals surface area contributed by atoms with E-state index in [-0.39, 0.29) is 18.3 Å². The highest BCUT2D eigenvalue weighted by molar-refractivity contribution is 8.00. The molecule has 3 rings (SSSR count). The Kier molecular flexibility index (Phi) is 6.25. The second kappa shape index (κ2) is 8.82. The second-order valence-corrected chi connectivity index (χ2v) is 7.15. The van der Waals surface area contributed by atoms with Gasteiger partial charge >= 0.3 is 0 Å². The van der Waals surface area contributed by atoms with E-state index in [2.05, 4.69) is 10.8 Å². The lowest BCUT2D eigenvalue weighted by Gasteiger charge is -2.28. The number of benzene rings is 2. The van der Waals surface area contributed by atoms with Gasteiger partial charge in [0.05, 0.1) is 11.9 Å². The summed E-state index contributed by atoms with van der Waals surface area (Å²) in [6.07, 6.45) is 0.294. The molecule has 0 unspecified atom stereocenters. The molecule has 0 saturated carbocycles. The van der Waals surface area contributed by atoms with Crippen molar-refractivity contribution in [3.63, 3.8) is 0 Å². The van der Waals surface area contributed by atoms with E-state index in [1.54, 1.807) is 18.2 Å². The van der Waals surface area contributed by atoms with E-state index >= 15 is 0 Å². The standard InChI is InChI=1S/C19H19FN2O3S/c20-15-9-5-4-8-14(15)10-17-19(24)21-16(12-26-17)18(23)22-25-11-13-6-2-1-3-7-13/h1-9,16-17H,10-12H2,(H,21,24)(H,22,23)/t16-,17+/m0/s1. The third kappa shape index (κ3) is 4.83. The molecular formula is C19H19FN2O3S. The third-order valence-corrected chi connectivity index (χ3v) is 5.32. The Labute approximate surface area is 155 Å². The normalized spacial score (nSPS) is 19.7. The number of halogens is 1. The van der Waals surface area contributed by atoms with Crippen molar-refractivity contribution in [2.75, 3.05) is 5.75 Å². The Balaban J connectivity index is 1.46. The van der Waals surface area contributed by atoms with Gasteiger partial charge in [0.1, 0.15) is 11.9 Å². The zero-order chi connectivity index (χ0) is 18.4. The van der Waals surface area contributed by atoms with Crippen molar-refractivity contribution in [3.05, 3.63) is 71.5 Å². The van der Waals surface area contributed by atoms with E-state index in [0.29, 0.717) is 17.7 Å². The Hall–Kier alpha value is -2.38. The molecule has 5 nitrogen and oxygen atoms in total. The van der Waals surface area contributed by atoms with Gasteiger partial charge in [-0.3, -0.25) is 14.4 Å². The number of amides is 2. The summed E-state index contributed by atoms with van der Waals surface area (Å²) in [6, 6.07) is 15.2. The van der Waals surface area contributed by atoms with Crippen molar-refractivity contribution in [1.82, 2.24) is 10.8 Å². The van der Waals surface area contributed by atoms with Crippen LogP contribution in [0.15, 0.2) is 54.6 Å². The van der Waals surface area contributed by atoms with E-state index < -0.39 is 17.2 Å². The number of carbonyl (C=O) groups is 2. The molecule has 26 heavy (non-hydrogen) atoms. The van der Waals surface area contributed by atoms with Crippen LogP contribution in [0.2, 0.25) is 0 Å². The van der Waals surface area contributed by atoms with Gasteiger partial charge in [-0.2, -0.15) is 0 Å². The lowest BCUT2D eigenvalue weighted by Crippen LogP contribution is -2.54. The number of thioether (sulfide) groups is 1. The molecule has 1 saturated heterocycles.